The predicted octanol–water partition coefficient (Wildman–Crippen LogP) is 0.287. The Balaban J connectivity index is 1.69. The molecule has 2 rings (SSSR count). The van der Waals surface area contributed by atoms with Crippen LogP contribution in [0.3, 0.4) is 0 Å². The van der Waals surface area contributed by atoms with E-state index in [9.17, 15) is 9.59 Å². The number of carbonyl (C=O) groups is 2. The first-order valence-electron chi connectivity index (χ1n) is 6.03. The Kier molecular flexibility index (Phi) is 3.87. The van der Waals surface area contributed by atoms with Crippen molar-refractivity contribution >= 4 is 11.9 Å². The van der Waals surface area contributed by atoms with Gasteiger partial charge in [0.1, 0.15) is 25.4 Å². The second-order valence-corrected chi connectivity index (χ2v) is 5.25. The third kappa shape index (κ3) is 4.27. The molecule has 0 aromatic carbocycles. The molecule has 2 unspecified atom stereocenters. The van der Waals surface area contributed by atoms with E-state index in [0.29, 0.717) is 13.2 Å². The fourth-order valence-corrected chi connectivity index (χ4v) is 1.36. The van der Waals surface area contributed by atoms with Crippen molar-refractivity contribution in [1.82, 2.24) is 0 Å². The van der Waals surface area contributed by atoms with Crippen LogP contribution in [0, 0.1) is 5.41 Å². The van der Waals surface area contributed by atoms with E-state index in [-0.39, 0.29) is 31.8 Å². The molecular weight excluding hydrogens is 240 g/mol. The number of rotatable bonds is 7. The van der Waals surface area contributed by atoms with Crippen molar-refractivity contribution in [2.75, 3.05) is 26.4 Å². The van der Waals surface area contributed by atoms with Gasteiger partial charge < -0.3 is 18.9 Å². The van der Waals surface area contributed by atoms with Crippen LogP contribution in [-0.4, -0.2) is 50.6 Å². The van der Waals surface area contributed by atoms with Crippen LogP contribution >= 0.6 is 0 Å². The number of epoxide rings is 2. The van der Waals surface area contributed by atoms with Crippen LogP contribution < -0.4 is 0 Å². The van der Waals surface area contributed by atoms with Crippen LogP contribution in [0.25, 0.3) is 0 Å². The van der Waals surface area contributed by atoms with Crippen LogP contribution in [0.15, 0.2) is 0 Å². The highest BCUT2D eigenvalue weighted by molar-refractivity contribution is 5.82. The van der Waals surface area contributed by atoms with Crippen molar-refractivity contribution in [1.29, 1.82) is 0 Å². The Hall–Kier alpha value is -1.14. The Morgan fingerprint density at radius 2 is 1.61 bits per heavy atom. The first-order chi connectivity index (χ1) is 8.47. The molecule has 6 nitrogen and oxygen atoms in total. The molecule has 0 bridgehead atoms. The predicted molar refractivity (Wildman–Crippen MR) is 59.8 cm³/mol. The van der Waals surface area contributed by atoms with Crippen molar-refractivity contribution in [3.63, 3.8) is 0 Å². The van der Waals surface area contributed by atoms with E-state index in [1.54, 1.807) is 13.8 Å². The van der Waals surface area contributed by atoms with Gasteiger partial charge in [0, 0.05) is 0 Å². The number of hydrogen-bond donors (Lipinski definition) is 0. The second kappa shape index (κ2) is 5.24. The van der Waals surface area contributed by atoms with Gasteiger partial charge in [-0.05, 0) is 13.8 Å². The van der Waals surface area contributed by atoms with Crippen molar-refractivity contribution < 1.29 is 28.5 Å². The van der Waals surface area contributed by atoms with Crippen molar-refractivity contribution in [3.8, 4) is 0 Å². The Morgan fingerprint density at radius 3 is 2.11 bits per heavy atom. The summed E-state index contributed by atoms with van der Waals surface area (Å²) in [6.45, 7) is 5.13. The number of esters is 2. The number of hydrogen-bond acceptors (Lipinski definition) is 6. The number of ether oxygens (including phenoxy) is 4. The highest BCUT2D eigenvalue weighted by Crippen LogP contribution is 2.24. The van der Waals surface area contributed by atoms with Gasteiger partial charge in [0.15, 0.2) is 0 Å². The molecule has 102 valence electrons. The fourth-order valence-electron chi connectivity index (χ4n) is 1.36. The monoisotopic (exact) mass is 258 g/mol. The summed E-state index contributed by atoms with van der Waals surface area (Å²) in [4.78, 5) is 23.3. The Labute approximate surface area is 106 Å². The van der Waals surface area contributed by atoms with Crippen LogP contribution in [0.1, 0.15) is 20.3 Å². The highest BCUT2D eigenvalue weighted by Gasteiger charge is 2.35. The van der Waals surface area contributed by atoms with E-state index in [1.165, 1.54) is 0 Å². The van der Waals surface area contributed by atoms with E-state index in [4.69, 9.17) is 18.9 Å². The summed E-state index contributed by atoms with van der Waals surface area (Å²) < 4.78 is 19.9. The fraction of sp³-hybridized carbons (Fsp3) is 0.833. The molecule has 2 saturated heterocycles. The van der Waals surface area contributed by atoms with Gasteiger partial charge in [-0.3, -0.25) is 9.59 Å². The molecule has 0 amide bonds. The quantitative estimate of drug-likeness (QED) is 0.482. The second-order valence-electron chi connectivity index (χ2n) is 5.25. The summed E-state index contributed by atoms with van der Waals surface area (Å²) in [5, 5.41) is 0. The van der Waals surface area contributed by atoms with Crippen LogP contribution in [-0.2, 0) is 28.5 Å². The lowest BCUT2D eigenvalue weighted by Gasteiger charge is -2.21. The molecule has 2 aliphatic heterocycles. The van der Waals surface area contributed by atoms with Crippen molar-refractivity contribution in [3.05, 3.63) is 0 Å². The smallest absolute Gasteiger partial charge is 0.312 e. The van der Waals surface area contributed by atoms with Gasteiger partial charge in [-0.25, -0.2) is 0 Å². The summed E-state index contributed by atoms with van der Waals surface area (Å²) in [7, 11) is 0. The van der Waals surface area contributed by atoms with Gasteiger partial charge in [0.2, 0.25) is 0 Å². The van der Waals surface area contributed by atoms with Crippen molar-refractivity contribution in [2.45, 2.75) is 32.5 Å². The lowest BCUT2D eigenvalue weighted by molar-refractivity contribution is -0.161. The molecule has 0 spiro atoms. The standard InChI is InChI=1S/C12H18O6/c1-12(2,11(14)18-7-9-5-16-9)3-10(13)17-6-8-4-15-8/h8-9H,3-7H2,1-2H3. The summed E-state index contributed by atoms with van der Waals surface area (Å²) in [6, 6.07) is 0. The maximum Gasteiger partial charge on any atom is 0.312 e. The van der Waals surface area contributed by atoms with Crippen LogP contribution in [0.4, 0.5) is 0 Å². The lowest BCUT2D eigenvalue weighted by atomic mass is 9.89. The molecule has 2 aliphatic rings. The molecular formula is C12H18O6. The summed E-state index contributed by atoms with van der Waals surface area (Å²) >= 11 is 0. The highest BCUT2D eigenvalue weighted by atomic mass is 16.6. The zero-order valence-corrected chi connectivity index (χ0v) is 10.6. The SMILES string of the molecule is CC(C)(CC(=O)OCC1CO1)C(=O)OCC1CO1. The zero-order valence-electron chi connectivity index (χ0n) is 10.6. The van der Waals surface area contributed by atoms with Gasteiger partial charge in [-0.15, -0.1) is 0 Å². The van der Waals surface area contributed by atoms with Gasteiger partial charge in [-0.1, -0.05) is 0 Å². The Bertz CT molecular complexity index is 329. The van der Waals surface area contributed by atoms with Crippen molar-refractivity contribution in [2.24, 2.45) is 5.41 Å². The molecule has 0 aliphatic carbocycles. The van der Waals surface area contributed by atoms with Gasteiger partial charge >= 0.3 is 11.9 Å². The van der Waals surface area contributed by atoms with Gasteiger partial charge in [0.25, 0.3) is 0 Å². The first kappa shape index (κ1) is 13.3. The topological polar surface area (TPSA) is 77.7 Å². The number of carbonyl (C=O) groups excluding carboxylic acids is 2. The molecule has 0 saturated carbocycles. The third-order valence-electron chi connectivity index (χ3n) is 2.77. The zero-order chi connectivity index (χ0) is 13.2. The lowest BCUT2D eigenvalue weighted by Crippen LogP contribution is -2.31. The average Bonchev–Trinajstić information content (AvgIpc) is 3.14. The molecule has 0 aromatic rings. The maximum absolute atomic E-state index is 11.8. The van der Waals surface area contributed by atoms with Gasteiger partial charge in [0.05, 0.1) is 25.0 Å². The summed E-state index contributed by atoms with van der Waals surface area (Å²) in [5.74, 6) is -0.812. The average molecular weight is 258 g/mol. The van der Waals surface area contributed by atoms with E-state index in [0.717, 1.165) is 0 Å². The molecule has 0 aromatic heterocycles. The summed E-state index contributed by atoms with van der Waals surface area (Å²) in [5.41, 5.74) is -0.879. The minimum atomic E-state index is -0.879. The minimum Gasteiger partial charge on any atom is -0.463 e. The van der Waals surface area contributed by atoms with E-state index >= 15 is 0 Å². The largest absolute Gasteiger partial charge is 0.463 e. The third-order valence-corrected chi connectivity index (χ3v) is 2.77. The molecule has 0 radical (unpaired) electrons. The van der Waals surface area contributed by atoms with E-state index < -0.39 is 17.4 Å². The molecule has 2 fully saturated rings. The van der Waals surface area contributed by atoms with Gasteiger partial charge in [-0.2, -0.15) is 0 Å². The van der Waals surface area contributed by atoms with Crippen LogP contribution in [0.2, 0.25) is 0 Å². The first-order valence-corrected chi connectivity index (χ1v) is 6.03. The normalized spacial score (nSPS) is 25.4. The molecule has 2 atom stereocenters. The maximum atomic E-state index is 11.8. The van der Waals surface area contributed by atoms with Crippen LogP contribution in [0.5, 0.6) is 0 Å². The minimum absolute atomic E-state index is 0.00404. The van der Waals surface area contributed by atoms with E-state index in [2.05, 4.69) is 0 Å². The summed E-state index contributed by atoms with van der Waals surface area (Å²) in [6.07, 6.45) is 0.0733. The molecule has 18 heavy (non-hydrogen) atoms. The molecule has 0 N–H and O–H groups in total. The Morgan fingerprint density at radius 1 is 1.11 bits per heavy atom. The molecule has 6 heteroatoms. The molecule has 2 heterocycles. The van der Waals surface area contributed by atoms with E-state index in [1.807, 2.05) is 0 Å².